The molecule has 10 heteroatoms. The number of nitrogen functional groups attached to an aromatic ring is 1. The Hall–Kier alpha value is -3.05. The van der Waals surface area contributed by atoms with Crippen molar-refractivity contribution in [3.63, 3.8) is 0 Å². The molecule has 1 aliphatic carbocycles. The van der Waals surface area contributed by atoms with E-state index < -0.39 is 24.5 Å². The third-order valence-electron chi connectivity index (χ3n) is 8.33. The maximum absolute atomic E-state index is 10.8. The fraction of sp³-hybridized carbons (Fsp3) is 0.536. The fourth-order valence-electron chi connectivity index (χ4n) is 5.86. The van der Waals surface area contributed by atoms with Crippen LogP contribution in [-0.4, -0.2) is 77.6 Å². The van der Waals surface area contributed by atoms with Gasteiger partial charge in [0.2, 0.25) is 0 Å². The van der Waals surface area contributed by atoms with Gasteiger partial charge < -0.3 is 35.1 Å². The highest BCUT2D eigenvalue weighted by Crippen LogP contribution is 2.37. The molecule has 1 aromatic carbocycles. The number of H-pyrrole nitrogens is 1. The maximum Gasteiger partial charge on any atom is 0.164 e. The van der Waals surface area contributed by atoms with Gasteiger partial charge in [0.15, 0.2) is 6.23 Å². The van der Waals surface area contributed by atoms with Gasteiger partial charge in [0.25, 0.3) is 0 Å². The smallest absolute Gasteiger partial charge is 0.164 e. The number of hydrogen-bond donors (Lipinski definition) is 4. The highest BCUT2D eigenvalue weighted by atomic mass is 16.6. The van der Waals surface area contributed by atoms with Crippen LogP contribution >= 0.6 is 0 Å². The number of rotatable bonds is 6. The van der Waals surface area contributed by atoms with Crippen LogP contribution in [0.1, 0.15) is 51.2 Å². The number of anilines is 1. The molecule has 1 unspecified atom stereocenters. The number of benzene rings is 1. The number of hydrogen-bond acceptors (Lipinski definition) is 8. The van der Waals surface area contributed by atoms with Crippen molar-refractivity contribution >= 4 is 27.9 Å². The second-order valence-electron chi connectivity index (χ2n) is 12.1. The molecule has 10 nitrogen and oxygen atoms in total. The van der Waals surface area contributed by atoms with Gasteiger partial charge >= 0.3 is 0 Å². The van der Waals surface area contributed by atoms with E-state index in [0.717, 1.165) is 36.1 Å². The average molecular weight is 520 g/mol. The monoisotopic (exact) mass is 519 g/mol. The summed E-state index contributed by atoms with van der Waals surface area (Å²) in [4.78, 5) is 18.9. The van der Waals surface area contributed by atoms with Crippen LogP contribution in [0.15, 0.2) is 36.8 Å². The molecule has 4 heterocycles. The third kappa shape index (κ3) is 4.45. The summed E-state index contributed by atoms with van der Waals surface area (Å²) in [6.45, 7) is 7.20. The molecule has 5 N–H and O–H groups in total. The molecule has 1 saturated carbocycles. The molecule has 4 atom stereocenters. The molecule has 2 fully saturated rings. The predicted molar refractivity (Wildman–Crippen MR) is 146 cm³/mol. The summed E-state index contributed by atoms with van der Waals surface area (Å²) in [6, 6.07) is 8.71. The number of aromatic nitrogens is 5. The standard InChI is InChI=1S/C28H37N7O3/c1-28(2,3)16-5-6-19-20(12-16)33-22(32-19)11-15-9-17(10-15)34(4)13-21-23(36)24(37)27(38-21)35-8-7-18-25(29)30-14-31-26(18)35/h5-8,12,14-15,17,21,23-24,27,36-37H,9-11,13H2,1-4H3,(H,32,33)(H2,29,30,31)/t15?,17?,21-,23-,24-,27?/m1/s1. The summed E-state index contributed by atoms with van der Waals surface area (Å²) in [6.07, 6.45) is 2.89. The van der Waals surface area contributed by atoms with Crippen molar-refractivity contribution < 1.29 is 14.9 Å². The number of likely N-dealkylation sites (N-methyl/N-ethyl adjacent to an activating group) is 1. The Morgan fingerprint density at radius 1 is 1.16 bits per heavy atom. The lowest BCUT2D eigenvalue weighted by Gasteiger charge is -2.42. The highest BCUT2D eigenvalue weighted by Gasteiger charge is 2.45. The van der Waals surface area contributed by atoms with Gasteiger partial charge in [-0.15, -0.1) is 0 Å². The molecule has 1 saturated heterocycles. The number of aromatic amines is 1. The van der Waals surface area contributed by atoms with Gasteiger partial charge in [-0.25, -0.2) is 15.0 Å². The van der Waals surface area contributed by atoms with Gasteiger partial charge in [-0.1, -0.05) is 26.8 Å². The molecule has 0 radical (unpaired) electrons. The number of aliphatic hydroxyl groups excluding tert-OH is 2. The molecule has 0 bridgehead atoms. The summed E-state index contributed by atoms with van der Waals surface area (Å²) in [5.74, 6) is 1.98. The minimum absolute atomic E-state index is 0.107. The van der Waals surface area contributed by atoms with Crippen molar-refractivity contribution in [2.24, 2.45) is 5.92 Å². The molecule has 4 aromatic rings. The minimum Gasteiger partial charge on any atom is -0.387 e. The van der Waals surface area contributed by atoms with Gasteiger partial charge in [-0.3, -0.25) is 0 Å². The van der Waals surface area contributed by atoms with Crippen molar-refractivity contribution in [1.82, 2.24) is 29.4 Å². The van der Waals surface area contributed by atoms with Crippen LogP contribution in [0.5, 0.6) is 0 Å². The number of aliphatic hydroxyl groups is 2. The summed E-state index contributed by atoms with van der Waals surface area (Å²) in [7, 11) is 2.06. The van der Waals surface area contributed by atoms with Gasteiger partial charge in [0.05, 0.1) is 16.4 Å². The molecule has 38 heavy (non-hydrogen) atoms. The van der Waals surface area contributed by atoms with Gasteiger partial charge in [0, 0.05) is 25.2 Å². The highest BCUT2D eigenvalue weighted by molar-refractivity contribution is 5.86. The van der Waals surface area contributed by atoms with Gasteiger partial charge in [-0.2, -0.15) is 0 Å². The van der Waals surface area contributed by atoms with E-state index in [0.29, 0.717) is 35.4 Å². The van der Waals surface area contributed by atoms with Gasteiger partial charge in [0.1, 0.15) is 41.9 Å². The molecule has 1 aliphatic heterocycles. The zero-order chi connectivity index (χ0) is 26.8. The minimum atomic E-state index is -1.07. The van der Waals surface area contributed by atoms with Crippen molar-refractivity contribution in [2.75, 3.05) is 19.3 Å². The quantitative estimate of drug-likeness (QED) is 0.305. The molecular weight excluding hydrogens is 482 g/mol. The Balaban J connectivity index is 1.05. The second kappa shape index (κ2) is 9.30. The Morgan fingerprint density at radius 3 is 2.71 bits per heavy atom. The number of imidazole rings is 1. The second-order valence-corrected chi connectivity index (χ2v) is 12.1. The van der Waals surface area contributed by atoms with Crippen LogP contribution in [0.4, 0.5) is 5.82 Å². The molecule has 202 valence electrons. The molecule has 2 aliphatic rings. The average Bonchev–Trinajstić information content (AvgIpc) is 3.52. The Labute approximate surface area is 221 Å². The Morgan fingerprint density at radius 2 is 1.95 bits per heavy atom. The van der Waals surface area contributed by atoms with Crippen molar-refractivity contribution in [2.45, 2.75) is 76.0 Å². The first-order valence-corrected chi connectivity index (χ1v) is 13.4. The topological polar surface area (TPSA) is 138 Å². The fourth-order valence-corrected chi connectivity index (χ4v) is 5.86. The zero-order valence-corrected chi connectivity index (χ0v) is 22.4. The van der Waals surface area contributed by atoms with Crippen LogP contribution in [-0.2, 0) is 16.6 Å². The van der Waals surface area contributed by atoms with Crippen LogP contribution in [0.3, 0.4) is 0 Å². The molecule has 6 rings (SSSR count). The first-order valence-electron chi connectivity index (χ1n) is 13.4. The van der Waals surface area contributed by atoms with Crippen molar-refractivity contribution in [1.29, 1.82) is 0 Å². The number of nitrogens with one attached hydrogen (secondary N) is 1. The lowest BCUT2D eigenvalue weighted by molar-refractivity contribution is -0.0509. The summed E-state index contributed by atoms with van der Waals surface area (Å²) in [5, 5.41) is 22.2. The van der Waals surface area contributed by atoms with E-state index in [-0.39, 0.29) is 5.41 Å². The number of ether oxygens (including phenoxy) is 1. The first kappa shape index (κ1) is 25.2. The Bertz CT molecular complexity index is 1450. The van der Waals surface area contributed by atoms with E-state index in [4.69, 9.17) is 15.5 Å². The molecule has 0 amide bonds. The largest absolute Gasteiger partial charge is 0.387 e. The number of nitrogens with zero attached hydrogens (tertiary/aromatic N) is 5. The summed E-state index contributed by atoms with van der Waals surface area (Å²) >= 11 is 0. The van der Waals surface area contributed by atoms with Crippen LogP contribution in [0.25, 0.3) is 22.1 Å². The van der Waals surface area contributed by atoms with Crippen LogP contribution < -0.4 is 5.73 Å². The normalized spacial score (nSPS) is 28.0. The van der Waals surface area contributed by atoms with Crippen LogP contribution in [0.2, 0.25) is 0 Å². The summed E-state index contributed by atoms with van der Waals surface area (Å²) < 4.78 is 7.88. The number of fused-ring (bicyclic) bond motifs is 2. The van der Waals surface area contributed by atoms with E-state index in [1.165, 1.54) is 11.9 Å². The number of nitrogens with two attached hydrogens (primary N) is 1. The Kier molecular flexibility index (Phi) is 6.18. The first-order chi connectivity index (χ1) is 18.1. The van der Waals surface area contributed by atoms with E-state index in [9.17, 15) is 10.2 Å². The van der Waals surface area contributed by atoms with Gasteiger partial charge in [-0.05, 0) is 55.0 Å². The lowest BCUT2D eigenvalue weighted by Crippen LogP contribution is -2.48. The van der Waals surface area contributed by atoms with E-state index in [2.05, 4.69) is 65.9 Å². The third-order valence-corrected chi connectivity index (χ3v) is 8.33. The maximum atomic E-state index is 10.8. The van der Waals surface area contributed by atoms with E-state index >= 15 is 0 Å². The SMILES string of the molecule is CN(C[C@H]1OC(n2ccc3c(N)ncnc32)[C@H](O)[C@@H]1O)C1CC(Cc2nc3ccc(C(C)(C)C)cc3[nH]2)C1. The predicted octanol–water partition coefficient (Wildman–Crippen LogP) is 2.76. The van der Waals surface area contributed by atoms with Crippen molar-refractivity contribution in [3.05, 3.63) is 48.2 Å². The van der Waals surface area contributed by atoms with E-state index in [1.807, 2.05) is 0 Å². The molecule has 3 aromatic heterocycles. The van der Waals surface area contributed by atoms with Crippen molar-refractivity contribution in [3.8, 4) is 0 Å². The zero-order valence-electron chi connectivity index (χ0n) is 22.4. The molecular formula is C28H37N7O3. The summed E-state index contributed by atoms with van der Waals surface area (Å²) in [5.41, 5.74) is 10.1. The van der Waals surface area contributed by atoms with Crippen LogP contribution in [0, 0.1) is 5.92 Å². The van der Waals surface area contributed by atoms with E-state index in [1.54, 1.807) is 16.8 Å². The lowest BCUT2D eigenvalue weighted by atomic mass is 9.77. The molecule has 0 spiro atoms.